The summed E-state index contributed by atoms with van der Waals surface area (Å²) < 4.78 is 13.4. The van der Waals surface area contributed by atoms with Crippen LogP contribution in [-0.2, 0) is 32.0 Å². The summed E-state index contributed by atoms with van der Waals surface area (Å²) in [7, 11) is 0. The van der Waals surface area contributed by atoms with E-state index in [4.69, 9.17) is 22.9 Å². The number of carbonyl (C=O) groups excluding carboxylic acids is 4. The molecule has 2 rings (SSSR count). The lowest BCUT2D eigenvalue weighted by molar-refractivity contribution is -0.133. The summed E-state index contributed by atoms with van der Waals surface area (Å²) in [6.45, 7) is 3.30. The zero-order valence-electron chi connectivity index (χ0n) is 23.7. The van der Waals surface area contributed by atoms with E-state index in [9.17, 15) is 28.7 Å². The van der Waals surface area contributed by atoms with Gasteiger partial charge in [0.15, 0.2) is 5.96 Å². The van der Waals surface area contributed by atoms with Crippen LogP contribution >= 0.6 is 0 Å². The summed E-state index contributed by atoms with van der Waals surface area (Å²) in [6, 6.07) is 5.12. The second-order valence-corrected chi connectivity index (χ2v) is 9.95. The molecule has 12 N–H and O–H groups in total. The Morgan fingerprint density at radius 3 is 2.07 bits per heavy atom. The van der Waals surface area contributed by atoms with Crippen LogP contribution in [0, 0.1) is 19.7 Å². The average molecular weight is 587 g/mol. The molecular weight excluding hydrogens is 547 g/mol. The fraction of sp³-hybridized carbons (Fsp3) is 0.393. The van der Waals surface area contributed by atoms with Gasteiger partial charge in [-0.1, -0.05) is 12.1 Å². The number of aliphatic imine (C=N–C) groups is 1. The second kappa shape index (κ2) is 15.9. The van der Waals surface area contributed by atoms with Gasteiger partial charge in [-0.05, 0) is 79.6 Å². The number of hydrogen-bond donors (Lipinski definition) is 8. The van der Waals surface area contributed by atoms with E-state index < -0.39 is 54.1 Å². The minimum Gasteiger partial charge on any atom is -0.508 e. The first-order valence-electron chi connectivity index (χ1n) is 13.3. The van der Waals surface area contributed by atoms with Crippen LogP contribution in [0.3, 0.4) is 0 Å². The van der Waals surface area contributed by atoms with E-state index in [0.717, 1.165) is 16.7 Å². The highest BCUT2D eigenvalue weighted by molar-refractivity contribution is 5.94. The summed E-state index contributed by atoms with van der Waals surface area (Å²) in [5, 5.41) is 17.4. The third-order valence-corrected chi connectivity index (χ3v) is 6.44. The maximum atomic E-state index is 13.4. The van der Waals surface area contributed by atoms with E-state index in [1.807, 2.05) is 0 Å². The topological polar surface area (TPSA) is 241 Å². The number of aromatic hydroxyl groups is 1. The molecule has 0 unspecified atom stereocenters. The van der Waals surface area contributed by atoms with Crippen molar-refractivity contribution in [2.45, 2.75) is 57.7 Å². The van der Waals surface area contributed by atoms with Crippen molar-refractivity contribution < 1.29 is 28.7 Å². The summed E-state index contributed by atoms with van der Waals surface area (Å²) in [5.74, 6) is -3.31. The molecule has 0 heterocycles. The molecule has 0 aromatic heterocycles. The molecule has 3 atom stereocenters. The normalized spacial score (nSPS) is 12.9. The Hall–Kier alpha value is -4.72. The van der Waals surface area contributed by atoms with Gasteiger partial charge in [-0.25, -0.2) is 4.39 Å². The van der Waals surface area contributed by atoms with Crippen molar-refractivity contribution in [3.63, 3.8) is 0 Å². The van der Waals surface area contributed by atoms with Crippen LogP contribution < -0.4 is 38.9 Å². The number of hydrogen-bond acceptors (Lipinski definition) is 7. The van der Waals surface area contributed by atoms with Gasteiger partial charge < -0.3 is 44.0 Å². The van der Waals surface area contributed by atoms with Gasteiger partial charge in [0.1, 0.15) is 23.7 Å². The Bertz CT molecular complexity index is 1270. The van der Waals surface area contributed by atoms with Crippen LogP contribution in [0.2, 0.25) is 0 Å². The molecule has 0 aliphatic heterocycles. The zero-order chi connectivity index (χ0) is 31.4. The molecule has 0 spiro atoms. The van der Waals surface area contributed by atoms with Gasteiger partial charge in [0, 0.05) is 13.0 Å². The number of aryl methyl sites for hydroxylation is 2. The number of nitrogens with two attached hydrogens (primary N) is 4. The number of phenolic OH excluding ortho intramolecular Hbond substituents is 1. The van der Waals surface area contributed by atoms with Gasteiger partial charge in [0.25, 0.3) is 0 Å². The molecule has 13 nitrogen and oxygen atoms in total. The molecule has 0 aliphatic carbocycles. The predicted octanol–water partition coefficient (Wildman–Crippen LogP) is -1.11. The number of rotatable bonds is 15. The van der Waals surface area contributed by atoms with Crippen LogP contribution in [0.1, 0.15) is 35.1 Å². The smallest absolute Gasteiger partial charge is 0.243 e. The van der Waals surface area contributed by atoms with E-state index in [2.05, 4.69) is 20.9 Å². The number of carbonyl (C=O) groups is 4. The molecular formula is C28H39FN8O5. The average Bonchev–Trinajstić information content (AvgIpc) is 2.91. The minimum absolute atomic E-state index is 0.0375. The molecule has 0 saturated carbocycles. The Morgan fingerprint density at radius 1 is 0.905 bits per heavy atom. The van der Waals surface area contributed by atoms with Gasteiger partial charge >= 0.3 is 0 Å². The molecule has 0 saturated heterocycles. The summed E-state index contributed by atoms with van der Waals surface area (Å²) in [5.41, 5.74) is 24.9. The van der Waals surface area contributed by atoms with Gasteiger partial charge in [-0.3, -0.25) is 24.2 Å². The van der Waals surface area contributed by atoms with Crippen molar-refractivity contribution in [1.82, 2.24) is 16.0 Å². The van der Waals surface area contributed by atoms with Crippen molar-refractivity contribution in [3.8, 4) is 5.75 Å². The SMILES string of the molecule is Cc1cc(O)cc(C)c1C[C@H](N)C(=O)N[C@H](CCCN=C(N)N)C(=O)N[C@@H](Cc1ccc(F)cc1)C(=O)NCC(N)=O. The first kappa shape index (κ1) is 33.5. The van der Waals surface area contributed by atoms with Crippen LogP contribution in [0.25, 0.3) is 0 Å². The number of phenols is 1. The van der Waals surface area contributed by atoms with Crippen molar-refractivity contribution in [2.24, 2.45) is 27.9 Å². The summed E-state index contributed by atoms with van der Waals surface area (Å²) in [4.78, 5) is 54.5. The van der Waals surface area contributed by atoms with Crippen molar-refractivity contribution >= 4 is 29.6 Å². The molecule has 4 amide bonds. The van der Waals surface area contributed by atoms with Crippen molar-refractivity contribution in [2.75, 3.05) is 13.1 Å². The first-order valence-corrected chi connectivity index (χ1v) is 13.3. The molecule has 0 radical (unpaired) electrons. The standard InChI is InChI=1S/C28H39FN8O5/c1-15-10-19(38)11-16(2)20(15)13-21(30)25(40)36-22(4-3-9-34-28(32)33)27(42)37-23(26(41)35-14-24(31)39)12-17-5-7-18(29)8-6-17/h5-8,10-11,21-23,38H,3-4,9,12-14,30H2,1-2H3,(H2,31,39)(H,35,41)(H,36,40)(H,37,42)(H4,32,33,34)/t21-,22+,23-/m0/s1. The third-order valence-electron chi connectivity index (χ3n) is 6.44. The van der Waals surface area contributed by atoms with E-state index in [1.54, 1.807) is 26.0 Å². The maximum Gasteiger partial charge on any atom is 0.243 e. The number of amides is 4. The molecule has 228 valence electrons. The Morgan fingerprint density at radius 2 is 1.50 bits per heavy atom. The lowest BCUT2D eigenvalue weighted by Gasteiger charge is -2.24. The van der Waals surface area contributed by atoms with Gasteiger partial charge in [-0.15, -0.1) is 0 Å². The second-order valence-electron chi connectivity index (χ2n) is 9.95. The minimum atomic E-state index is -1.18. The van der Waals surface area contributed by atoms with E-state index in [1.165, 1.54) is 24.3 Å². The van der Waals surface area contributed by atoms with E-state index >= 15 is 0 Å². The fourth-order valence-electron chi connectivity index (χ4n) is 4.29. The number of halogens is 1. The third kappa shape index (κ3) is 11.0. The lowest BCUT2D eigenvalue weighted by atomic mass is 9.95. The highest BCUT2D eigenvalue weighted by atomic mass is 19.1. The molecule has 0 aliphatic rings. The Labute approximate surface area is 243 Å². The quantitative estimate of drug-likeness (QED) is 0.0720. The first-order chi connectivity index (χ1) is 19.8. The van der Waals surface area contributed by atoms with Crippen LogP contribution in [0.4, 0.5) is 4.39 Å². The monoisotopic (exact) mass is 586 g/mol. The maximum absolute atomic E-state index is 13.4. The van der Waals surface area contributed by atoms with Gasteiger partial charge in [0.2, 0.25) is 23.6 Å². The largest absolute Gasteiger partial charge is 0.508 e. The summed E-state index contributed by atoms with van der Waals surface area (Å²) in [6.07, 6.45) is 0.516. The van der Waals surface area contributed by atoms with Crippen LogP contribution in [0.5, 0.6) is 5.75 Å². The number of primary amides is 1. The molecule has 42 heavy (non-hydrogen) atoms. The van der Waals surface area contributed by atoms with Crippen molar-refractivity contribution in [1.29, 1.82) is 0 Å². The predicted molar refractivity (Wildman–Crippen MR) is 155 cm³/mol. The number of guanidine groups is 1. The highest BCUT2D eigenvalue weighted by Gasteiger charge is 2.29. The molecule has 2 aromatic rings. The summed E-state index contributed by atoms with van der Waals surface area (Å²) >= 11 is 0. The fourth-order valence-corrected chi connectivity index (χ4v) is 4.29. The Balaban J connectivity index is 2.23. The molecule has 0 fully saturated rings. The lowest BCUT2D eigenvalue weighted by Crippen LogP contribution is -2.57. The number of nitrogens with one attached hydrogen (secondary N) is 3. The molecule has 0 bridgehead atoms. The van der Waals surface area contributed by atoms with Gasteiger partial charge in [-0.2, -0.15) is 0 Å². The number of nitrogens with zero attached hydrogens (tertiary/aromatic N) is 1. The molecule has 2 aromatic carbocycles. The van der Waals surface area contributed by atoms with Crippen molar-refractivity contribution in [3.05, 3.63) is 64.5 Å². The van der Waals surface area contributed by atoms with Crippen LogP contribution in [-0.4, -0.2) is 65.9 Å². The number of benzene rings is 2. The highest BCUT2D eigenvalue weighted by Crippen LogP contribution is 2.22. The van der Waals surface area contributed by atoms with Gasteiger partial charge in [0.05, 0.1) is 12.6 Å². The molecule has 14 heteroatoms. The van der Waals surface area contributed by atoms with Crippen LogP contribution in [0.15, 0.2) is 41.4 Å². The van der Waals surface area contributed by atoms with E-state index in [0.29, 0.717) is 12.0 Å². The van der Waals surface area contributed by atoms with E-state index in [-0.39, 0.29) is 37.5 Å². The Kier molecular flexibility index (Phi) is 12.7. The zero-order valence-corrected chi connectivity index (χ0v) is 23.7.